The molecule has 2 aliphatic heterocycles. The predicted molar refractivity (Wildman–Crippen MR) is 80.1 cm³/mol. The maximum atomic E-state index is 11.0. The summed E-state index contributed by atoms with van der Waals surface area (Å²) in [6, 6.07) is 4.77. The minimum absolute atomic E-state index is 0.0720. The molecule has 1 N–H and O–H groups in total. The summed E-state index contributed by atoms with van der Waals surface area (Å²) in [5, 5.41) is 9.04. The Morgan fingerprint density at radius 2 is 2.00 bits per heavy atom. The van der Waals surface area contributed by atoms with Crippen molar-refractivity contribution in [1.29, 1.82) is 0 Å². The van der Waals surface area contributed by atoms with Gasteiger partial charge in [0.15, 0.2) is 0 Å². The van der Waals surface area contributed by atoms with Crippen LogP contribution in [-0.2, 0) is 0 Å². The summed E-state index contributed by atoms with van der Waals surface area (Å²) >= 11 is 0. The van der Waals surface area contributed by atoms with E-state index in [4.69, 9.17) is 5.11 Å². The maximum absolute atomic E-state index is 11.0. The number of hydrogen-bond donors (Lipinski definition) is 1. The van der Waals surface area contributed by atoms with Gasteiger partial charge in [-0.05, 0) is 51.8 Å². The molecular weight excluding hydrogens is 264 g/mol. The average Bonchev–Trinajstić information content (AvgIpc) is 2.66. The molecule has 2 bridgehead atoms. The molecule has 0 spiro atoms. The highest BCUT2D eigenvalue weighted by atomic mass is 16.4. The zero-order valence-corrected chi connectivity index (χ0v) is 12.5. The van der Waals surface area contributed by atoms with Crippen molar-refractivity contribution in [2.45, 2.75) is 44.7 Å². The Morgan fingerprint density at radius 1 is 1.33 bits per heavy atom. The van der Waals surface area contributed by atoms with E-state index >= 15 is 0 Å². The fourth-order valence-corrected chi connectivity index (χ4v) is 3.57. The van der Waals surface area contributed by atoms with Gasteiger partial charge < -0.3 is 10.0 Å². The van der Waals surface area contributed by atoms with E-state index in [0.717, 1.165) is 18.4 Å². The molecule has 4 heteroatoms. The number of hydrogen-bond acceptors (Lipinski definition) is 3. The molecule has 0 amide bonds. The van der Waals surface area contributed by atoms with Gasteiger partial charge in [0.05, 0.1) is 0 Å². The van der Waals surface area contributed by atoms with Crippen LogP contribution in [0.3, 0.4) is 0 Å². The highest BCUT2D eigenvalue weighted by Crippen LogP contribution is 2.37. The molecule has 4 nitrogen and oxygen atoms in total. The number of fused-ring (bicyclic) bond motifs is 2. The molecular formula is C17H20N2O2. The smallest absolute Gasteiger partial charge is 0.354 e. The van der Waals surface area contributed by atoms with Gasteiger partial charge in [-0.25, -0.2) is 9.78 Å². The molecule has 0 radical (unpaired) electrons. The molecule has 3 atom stereocenters. The maximum Gasteiger partial charge on any atom is 0.354 e. The standard InChI is InChI=1S/C17H20N2O2/c1-11-7-12(10-16(18-11)17(20)21)3-4-13-8-14-5-6-15(9-13)19(14)2/h7,10,13-15H,5-6,8-9H2,1-2H3,(H,20,21)/t13?,14-,15+. The van der Waals surface area contributed by atoms with E-state index in [0.29, 0.717) is 23.7 Å². The second-order valence-corrected chi connectivity index (χ2v) is 6.18. The number of nitrogens with zero attached hydrogens (tertiary/aromatic N) is 2. The molecule has 110 valence electrons. The summed E-state index contributed by atoms with van der Waals surface area (Å²) in [7, 11) is 2.22. The Balaban J connectivity index is 1.77. The lowest BCUT2D eigenvalue weighted by atomic mass is 9.91. The first-order valence-electron chi connectivity index (χ1n) is 7.48. The molecule has 1 aromatic rings. The van der Waals surface area contributed by atoms with Gasteiger partial charge >= 0.3 is 5.97 Å². The number of carbonyl (C=O) groups is 1. The van der Waals surface area contributed by atoms with Crippen molar-refractivity contribution in [3.8, 4) is 11.8 Å². The van der Waals surface area contributed by atoms with Gasteiger partial charge in [0.2, 0.25) is 0 Å². The monoisotopic (exact) mass is 284 g/mol. The topological polar surface area (TPSA) is 53.4 Å². The fourth-order valence-electron chi connectivity index (χ4n) is 3.57. The van der Waals surface area contributed by atoms with E-state index in [1.165, 1.54) is 12.8 Å². The summed E-state index contributed by atoms with van der Waals surface area (Å²) < 4.78 is 0. The Hall–Kier alpha value is -1.86. The number of carboxylic acid groups (broad SMARTS) is 1. The first kappa shape index (κ1) is 14.1. The molecule has 0 saturated carbocycles. The zero-order chi connectivity index (χ0) is 15.0. The minimum Gasteiger partial charge on any atom is -0.477 e. The number of pyridine rings is 1. The Labute approximate surface area is 125 Å². The summed E-state index contributed by atoms with van der Waals surface area (Å²) in [4.78, 5) is 17.5. The van der Waals surface area contributed by atoms with Crippen molar-refractivity contribution in [2.75, 3.05) is 7.05 Å². The quantitative estimate of drug-likeness (QED) is 0.804. The van der Waals surface area contributed by atoms with Crippen LogP contribution in [0, 0.1) is 24.7 Å². The van der Waals surface area contributed by atoms with E-state index in [-0.39, 0.29) is 5.69 Å². The Morgan fingerprint density at radius 3 is 2.62 bits per heavy atom. The zero-order valence-electron chi connectivity index (χ0n) is 12.5. The molecule has 1 unspecified atom stereocenters. The lowest BCUT2D eigenvalue weighted by Crippen LogP contribution is -2.39. The van der Waals surface area contributed by atoms with Crippen molar-refractivity contribution >= 4 is 5.97 Å². The Kier molecular flexibility index (Phi) is 3.69. The molecule has 1 aromatic heterocycles. The van der Waals surface area contributed by atoms with Gasteiger partial charge in [-0.2, -0.15) is 0 Å². The van der Waals surface area contributed by atoms with Crippen molar-refractivity contribution < 1.29 is 9.90 Å². The van der Waals surface area contributed by atoms with Crippen molar-refractivity contribution in [3.63, 3.8) is 0 Å². The third-order valence-electron chi connectivity index (χ3n) is 4.69. The first-order valence-corrected chi connectivity index (χ1v) is 7.48. The van der Waals surface area contributed by atoms with Crippen molar-refractivity contribution in [3.05, 3.63) is 29.1 Å². The molecule has 2 fully saturated rings. The average molecular weight is 284 g/mol. The summed E-state index contributed by atoms with van der Waals surface area (Å²) in [5.74, 6) is 5.95. The van der Waals surface area contributed by atoms with E-state index < -0.39 is 5.97 Å². The fraction of sp³-hybridized carbons (Fsp3) is 0.529. The number of carboxylic acids is 1. The molecule has 3 rings (SSSR count). The van der Waals surface area contributed by atoms with Gasteiger partial charge in [-0.3, -0.25) is 0 Å². The van der Waals surface area contributed by atoms with E-state index in [1.54, 1.807) is 13.0 Å². The summed E-state index contributed by atoms with van der Waals surface area (Å²) in [6.45, 7) is 1.80. The highest BCUT2D eigenvalue weighted by Gasteiger charge is 2.37. The number of aromatic nitrogens is 1. The van der Waals surface area contributed by atoms with Crippen LogP contribution in [0.5, 0.6) is 0 Å². The second-order valence-electron chi connectivity index (χ2n) is 6.18. The van der Waals surface area contributed by atoms with Crippen LogP contribution in [0.2, 0.25) is 0 Å². The third-order valence-corrected chi connectivity index (χ3v) is 4.69. The molecule has 3 heterocycles. The largest absolute Gasteiger partial charge is 0.477 e. The predicted octanol–water partition coefficient (Wildman–Crippen LogP) is 2.31. The van der Waals surface area contributed by atoms with Crippen molar-refractivity contribution in [1.82, 2.24) is 9.88 Å². The van der Waals surface area contributed by atoms with Gasteiger partial charge in [0.1, 0.15) is 5.69 Å². The van der Waals surface area contributed by atoms with Crippen LogP contribution in [0.25, 0.3) is 0 Å². The highest BCUT2D eigenvalue weighted by molar-refractivity contribution is 5.85. The Bertz CT molecular complexity index is 615. The summed E-state index contributed by atoms with van der Waals surface area (Å²) in [5.41, 5.74) is 1.52. The van der Waals surface area contributed by atoms with Gasteiger partial charge in [-0.1, -0.05) is 11.8 Å². The van der Waals surface area contributed by atoms with Gasteiger partial charge in [0.25, 0.3) is 0 Å². The van der Waals surface area contributed by atoms with Crippen LogP contribution >= 0.6 is 0 Å². The van der Waals surface area contributed by atoms with Crippen LogP contribution in [0.4, 0.5) is 0 Å². The van der Waals surface area contributed by atoms with Crippen LogP contribution < -0.4 is 0 Å². The molecule has 2 aliphatic rings. The van der Waals surface area contributed by atoms with Gasteiger partial charge in [0, 0.05) is 29.3 Å². The van der Waals surface area contributed by atoms with E-state index in [9.17, 15) is 4.79 Å². The number of rotatable bonds is 1. The SMILES string of the molecule is Cc1cc(C#CC2C[C@H]3CC[C@@H](C2)N3C)cc(C(=O)O)n1. The van der Waals surface area contributed by atoms with Crippen LogP contribution in [0.15, 0.2) is 12.1 Å². The minimum atomic E-state index is -1.00. The third kappa shape index (κ3) is 2.93. The molecule has 0 aromatic carbocycles. The summed E-state index contributed by atoms with van der Waals surface area (Å²) in [6.07, 6.45) is 4.85. The van der Waals surface area contributed by atoms with Crippen molar-refractivity contribution in [2.24, 2.45) is 5.92 Å². The van der Waals surface area contributed by atoms with Gasteiger partial charge in [-0.15, -0.1) is 0 Å². The normalized spacial score (nSPS) is 28.0. The number of piperidine rings is 1. The molecule has 21 heavy (non-hydrogen) atoms. The first-order chi connectivity index (χ1) is 10.0. The number of aryl methyl sites for hydroxylation is 1. The molecule has 2 saturated heterocycles. The lowest BCUT2D eigenvalue weighted by molar-refractivity contribution is 0.0690. The molecule has 0 aliphatic carbocycles. The van der Waals surface area contributed by atoms with Crippen LogP contribution in [0.1, 0.15) is 47.4 Å². The van der Waals surface area contributed by atoms with E-state index in [1.807, 2.05) is 6.07 Å². The van der Waals surface area contributed by atoms with E-state index in [2.05, 4.69) is 28.8 Å². The second kappa shape index (κ2) is 5.50. The lowest BCUT2D eigenvalue weighted by Gasteiger charge is -2.34. The number of aromatic carboxylic acids is 1. The van der Waals surface area contributed by atoms with Crippen LogP contribution in [-0.4, -0.2) is 40.1 Å².